The lowest BCUT2D eigenvalue weighted by Gasteiger charge is -2.12. The Kier molecular flexibility index (Phi) is 4.71. The van der Waals surface area contributed by atoms with Gasteiger partial charge < -0.3 is 9.47 Å². The Morgan fingerprint density at radius 2 is 1.87 bits per heavy atom. The zero-order valence-electron chi connectivity index (χ0n) is 12.8. The highest BCUT2D eigenvalue weighted by Crippen LogP contribution is 2.33. The first-order valence-corrected chi connectivity index (χ1v) is 6.62. The molecule has 0 saturated heterocycles. The number of benzene rings is 1. The van der Waals surface area contributed by atoms with E-state index in [1.165, 1.54) is 26.4 Å². The van der Waals surface area contributed by atoms with E-state index in [1.54, 1.807) is 19.1 Å². The van der Waals surface area contributed by atoms with Crippen molar-refractivity contribution in [2.24, 2.45) is 0 Å². The Hall–Kier alpha value is -3.21. The van der Waals surface area contributed by atoms with Gasteiger partial charge in [-0.3, -0.25) is 10.1 Å². The van der Waals surface area contributed by atoms with Gasteiger partial charge in [0.2, 0.25) is 11.8 Å². The van der Waals surface area contributed by atoms with Crippen LogP contribution in [-0.2, 0) is 0 Å². The highest BCUT2D eigenvalue weighted by molar-refractivity contribution is 5.52. The lowest BCUT2D eigenvalue weighted by molar-refractivity contribution is -0.386. The van der Waals surface area contributed by atoms with Crippen LogP contribution in [0.25, 0.3) is 0 Å². The number of nitrogens with zero attached hydrogens (tertiary/aromatic N) is 4. The number of hydrogen-bond acceptors (Lipinski definition) is 7. The summed E-state index contributed by atoms with van der Waals surface area (Å²) in [6.07, 6.45) is 0. The van der Waals surface area contributed by atoms with Gasteiger partial charge in [0, 0.05) is 5.56 Å². The average Bonchev–Trinajstić information content (AvgIpc) is 2.54. The van der Waals surface area contributed by atoms with Crippen molar-refractivity contribution in [3.8, 4) is 17.8 Å². The smallest absolute Gasteiger partial charge is 0.277 e. The maximum Gasteiger partial charge on any atom is 0.277 e. The number of nitriles is 1. The predicted molar refractivity (Wildman–Crippen MR) is 80.4 cm³/mol. The fourth-order valence-corrected chi connectivity index (χ4v) is 2.19. The van der Waals surface area contributed by atoms with Crippen molar-refractivity contribution in [2.45, 2.75) is 12.8 Å². The molecule has 1 aromatic heterocycles. The summed E-state index contributed by atoms with van der Waals surface area (Å²) >= 11 is 0. The van der Waals surface area contributed by atoms with Crippen molar-refractivity contribution in [3.05, 3.63) is 51.3 Å². The monoisotopic (exact) mass is 314 g/mol. The molecule has 23 heavy (non-hydrogen) atoms. The third-order valence-corrected chi connectivity index (χ3v) is 3.26. The number of hydrogen-bond donors (Lipinski definition) is 0. The van der Waals surface area contributed by atoms with E-state index in [0.29, 0.717) is 5.56 Å². The molecule has 0 aliphatic rings. The van der Waals surface area contributed by atoms with Crippen LogP contribution >= 0.6 is 0 Å². The Morgan fingerprint density at radius 3 is 2.35 bits per heavy atom. The third-order valence-electron chi connectivity index (χ3n) is 3.26. The van der Waals surface area contributed by atoms with E-state index in [2.05, 4.69) is 9.97 Å². The van der Waals surface area contributed by atoms with Gasteiger partial charge >= 0.3 is 0 Å². The van der Waals surface area contributed by atoms with Crippen molar-refractivity contribution in [1.29, 1.82) is 5.26 Å². The summed E-state index contributed by atoms with van der Waals surface area (Å²) in [5.74, 6) is -0.512. The Balaban J connectivity index is 2.65. The van der Waals surface area contributed by atoms with Gasteiger partial charge in [-0.25, -0.2) is 0 Å². The van der Waals surface area contributed by atoms with Crippen LogP contribution in [0.4, 0.5) is 5.69 Å². The van der Waals surface area contributed by atoms with Crippen molar-refractivity contribution < 1.29 is 14.4 Å². The molecule has 0 spiro atoms. The average molecular weight is 314 g/mol. The maximum absolute atomic E-state index is 11.3. The summed E-state index contributed by atoms with van der Waals surface area (Å²) in [6.45, 7) is 1.61. The van der Waals surface area contributed by atoms with Gasteiger partial charge in [0.15, 0.2) is 5.82 Å². The van der Waals surface area contributed by atoms with Crippen LogP contribution in [0.15, 0.2) is 24.3 Å². The molecule has 2 rings (SSSR count). The highest BCUT2D eigenvalue weighted by Gasteiger charge is 2.28. The van der Waals surface area contributed by atoms with Crippen molar-refractivity contribution in [2.75, 3.05) is 14.2 Å². The fraction of sp³-hybridized carbons (Fsp3) is 0.267. The molecule has 1 atom stereocenters. The summed E-state index contributed by atoms with van der Waals surface area (Å²) in [4.78, 5) is 19.1. The number of aromatic nitrogens is 2. The topological polar surface area (TPSA) is 111 Å². The molecule has 0 saturated carbocycles. The molecule has 8 nitrogen and oxygen atoms in total. The second kappa shape index (κ2) is 6.70. The summed E-state index contributed by atoms with van der Waals surface area (Å²) in [5, 5.41) is 20.9. The number of methoxy groups -OCH3 is 2. The van der Waals surface area contributed by atoms with Gasteiger partial charge in [-0.05, 0) is 6.92 Å². The maximum atomic E-state index is 11.3. The SMILES string of the molecule is COc1cc(OC)nc(C(C#N)c2cccc(C)c2[N+](=O)[O-])n1. The highest BCUT2D eigenvalue weighted by atomic mass is 16.6. The minimum atomic E-state index is -1.01. The predicted octanol–water partition coefficient (Wildman–Crippen LogP) is 2.37. The van der Waals surface area contributed by atoms with Crippen LogP contribution in [0.2, 0.25) is 0 Å². The minimum Gasteiger partial charge on any atom is -0.481 e. The quantitative estimate of drug-likeness (QED) is 0.615. The molecular formula is C15H14N4O4. The Bertz CT molecular complexity index is 763. The lowest BCUT2D eigenvalue weighted by Crippen LogP contribution is -2.09. The number of nitro groups is 1. The molecule has 0 bridgehead atoms. The second-order valence-corrected chi connectivity index (χ2v) is 4.64. The van der Waals surface area contributed by atoms with E-state index in [-0.39, 0.29) is 28.8 Å². The lowest BCUT2D eigenvalue weighted by atomic mass is 9.95. The van der Waals surface area contributed by atoms with Gasteiger partial charge in [-0.15, -0.1) is 0 Å². The summed E-state index contributed by atoms with van der Waals surface area (Å²) in [7, 11) is 2.84. The molecule has 0 N–H and O–H groups in total. The van der Waals surface area contributed by atoms with Crippen LogP contribution in [0, 0.1) is 28.4 Å². The first kappa shape index (κ1) is 16.2. The third kappa shape index (κ3) is 3.18. The summed E-state index contributed by atoms with van der Waals surface area (Å²) < 4.78 is 10.1. The van der Waals surface area contributed by atoms with Gasteiger partial charge in [0.25, 0.3) is 5.69 Å². The zero-order valence-corrected chi connectivity index (χ0v) is 12.8. The first-order chi connectivity index (χ1) is 11.0. The molecular weight excluding hydrogens is 300 g/mol. The largest absolute Gasteiger partial charge is 0.481 e. The minimum absolute atomic E-state index is 0.0809. The number of nitro benzene ring substituents is 1. The number of ether oxygens (including phenoxy) is 2. The van der Waals surface area contributed by atoms with Crippen LogP contribution in [0.3, 0.4) is 0 Å². The molecule has 1 aromatic carbocycles. The van der Waals surface area contributed by atoms with Crippen molar-refractivity contribution >= 4 is 5.69 Å². The van der Waals surface area contributed by atoms with E-state index in [4.69, 9.17) is 9.47 Å². The number of aryl methyl sites for hydroxylation is 1. The zero-order chi connectivity index (χ0) is 17.0. The molecule has 1 unspecified atom stereocenters. The Labute approximate surface area is 132 Å². The second-order valence-electron chi connectivity index (χ2n) is 4.64. The number of rotatable bonds is 5. The van der Waals surface area contributed by atoms with E-state index in [0.717, 1.165) is 0 Å². The standard InChI is InChI=1S/C15H14N4O4/c1-9-5-4-6-10(14(9)19(20)21)11(8-16)15-17-12(22-2)7-13(18-15)23-3/h4-7,11H,1-3H3. The molecule has 2 aromatic rings. The molecule has 0 aliphatic carbocycles. The van der Waals surface area contributed by atoms with E-state index in [1.807, 2.05) is 6.07 Å². The van der Waals surface area contributed by atoms with Crippen molar-refractivity contribution in [3.63, 3.8) is 0 Å². The van der Waals surface area contributed by atoms with Gasteiger partial charge in [-0.1, -0.05) is 18.2 Å². The molecule has 0 radical (unpaired) electrons. The van der Waals surface area contributed by atoms with Crippen LogP contribution in [-0.4, -0.2) is 29.1 Å². The van der Waals surface area contributed by atoms with Gasteiger partial charge in [0.05, 0.1) is 36.8 Å². The summed E-state index contributed by atoms with van der Waals surface area (Å²) in [6, 6.07) is 8.27. The van der Waals surface area contributed by atoms with E-state index < -0.39 is 10.8 Å². The van der Waals surface area contributed by atoms with E-state index in [9.17, 15) is 15.4 Å². The van der Waals surface area contributed by atoms with E-state index >= 15 is 0 Å². The molecule has 0 aliphatic heterocycles. The summed E-state index contributed by atoms with van der Waals surface area (Å²) in [5.41, 5.74) is 0.569. The molecule has 1 heterocycles. The molecule has 0 fully saturated rings. The van der Waals surface area contributed by atoms with Crippen LogP contribution in [0.5, 0.6) is 11.8 Å². The van der Waals surface area contributed by atoms with Gasteiger partial charge in [-0.2, -0.15) is 15.2 Å². The van der Waals surface area contributed by atoms with Crippen LogP contribution < -0.4 is 9.47 Å². The fourth-order valence-electron chi connectivity index (χ4n) is 2.19. The van der Waals surface area contributed by atoms with Gasteiger partial charge in [0.1, 0.15) is 5.92 Å². The molecule has 118 valence electrons. The van der Waals surface area contributed by atoms with Crippen molar-refractivity contribution in [1.82, 2.24) is 9.97 Å². The molecule has 0 amide bonds. The number of para-hydroxylation sites is 1. The Morgan fingerprint density at radius 1 is 1.26 bits per heavy atom. The molecule has 8 heteroatoms. The van der Waals surface area contributed by atoms with Crippen LogP contribution in [0.1, 0.15) is 22.9 Å². The normalized spacial score (nSPS) is 11.4. The first-order valence-electron chi connectivity index (χ1n) is 6.62.